The van der Waals surface area contributed by atoms with E-state index in [1.807, 2.05) is 0 Å². The molecule has 0 aromatic carbocycles. The van der Waals surface area contributed by atoms with E-state index in [1.54, 1.807) is 0 Å². The predicted molar refractivity (Wildman–Crippen MR) is 66.0 cm³/mol. The fourth-order valence-corrected chi connectivity index (χ4v) is 2.87. The van der Waals surface area contributed by atoms with Crippen molar-refractivity contribution in [1.82, 2.24) is 15.5 Å². The van der Waals surface area contributed by atoms with Crippen molar-refractivity contribution in [3.63, 3.8) is 0 Å². The summed E-state index contributed by atoms with van der Waals surface area (Å²) in [7, 11) is 1.41. The Labute approximate surface area is 103 Å². The molecule has 5 heteroatoms. The van der Waals surface area contributed by atoms with Crippen molar-refractivity contribution in [2.45, 2.75) is 31.8 Å². The Morgan fingerprint density at radius 3 is 3.00 bits per heavy atom. The Morgan fingerprint density at radius 2 is 2.29 bits per heavy atom. The number of nitrogens with one attached hydrogen (secondary N) is 2. The number of amides is 1. The van der Waals surface area contributed by atoms with Gasteiger partial charge >= 0.3 is 6.09 Å². The zero-order valence-corrected chi connectivity index (χ0v) is 10.7. The number of hydrogen-bond donors (Lipinski definition) is 2. The Morgan fingerprint density at radius 1 is 1.47 bits per heavy atom. The van der Waals surface area contributed by atoms with Gasteiger partial charge in [-0.2, -0.15) is 0 Å². The number of ether oxygens (including phenoxy) is 1. The van der Waals surface area contributed by atoms with Crippen LogP contribution in [0.4, 0.5) is 4.79 Å². The van der Waals surface area contributed by atoms with Gasteiger partial charge in [-0.1, -0.05) is 6.92 Å². The van der Waals surface area contributed by atoms with Crippen LogP contribution in [0.5, 0.6) is 0 Å². The molecule has 3 unspecified atom stereocenters. The fraction of sp³-hybridized carbons (Fsp3) is 0.917. The number of carbonyl (C=O) groups is 1. The first-order valence-corrected chi connectivity index (χ1v) is 6.48. The van der Waals surface area contributed by atoms with Crippen molar-refractivity contribution in [3.05, 3.63) is 0 Å². The summed E-state index contributed by atoms with van der Waals surface area (Å²) in [6.45, 7) is 6.53. The quantitative estimate of drug-likeness (QED) is 0.735. The molecule has 2 fully saturated rings. The van der Waals surface area contributed by atoms with E-state index in [2.05, 4.69) is 27.2 Å². The van der Waals surface area contributed by atoms with E-state index in [1.165, 1.54) is 13.5 Å². The molecule has 2 saturated heterocycles. The maximum atomic E-state index is 11.1. The summed E-state index contributed by atoms with van der Waals surface area (Å²) in [5, 5.41) is 6.36. The molecule has 17 heavy (non-hydrogen) atoms. The molecule has 2 aliphatic rings. The van der Waals surface area contributed by atoms with E-state index in [4.69, 9.17) is 0 Å². The van der Waals surface area contributed by atoms with Gasteiger partial charge in [0, 0.05) is 31.7 Å². The van der Waals surface area contributed by atoms with Gasteiger partial charge < -0.3 is 15.4 Å². The molecule has 2 rings (SSSR count). The number of methoxy groups -OCH3 is 1. The highest BCUT2D eigenvalue weighted by molar-refractivity contribution is 5.67. The lowest BCUT2D eigenvalue weighted by Crippen LogP contribution is -2.48. The van der Waals surface area contributed by atoms with Gasteiger partial charge in [-0.25, -0.2) is 4.79 Å². The van der Waals surface area contributed by atoms with Crippen LogP contribution in [-0.4, -0.2) is 56.4 Å². The van der Waals surface area contributed by atoms with Crippen LogP contribution in [0, 0.1) is 5.92 Å². The minimum atomic E-state index is -0.313. The molecule has 0 aromatic rings. The molecular formula is C12H23N3O2. The number of rotatable bonds is 2. The SMILES string of the molecule is COC(=O)NC1CCN(C2CNCC(C)C2)C1. The largest absolute Gasteiger partial charge is 0.453 e. The smallest absolute Gasteiger partial charge is 0.407 e. The van der Waals surface area contributed by atoms with Crippen LogP contribution >= 0.6 is 0 Å². The second-order valence-electron chi connectivity index (χ2n) is 5.27. The first-order chi connectivity index (χ1) is 8.19. The summed E-state index contributed by atoms with van der Waals surface area (Å²) in [6.07, 6.45) is 1.98. The summed E-state index contributed by atoms with van der Waals surface area (Å²) >= 11 is 0. The molecule has 2 aliphatic heterocycles. The molecule has 0 bridgehead atoms. The number of nitrogens with zero attached hydrogens (tertiary/aromatic N) is 1. The maximum Gasteiger partial charge on any atom is 0.407 e. The monoisotopic (exact) mass is 241 g/mol. The topological polar surface area (TPSA) is 53.6 Å². The number of carbonyl (C=O) groups excluding carboxylic acids is 1. The lowest BCUT2D eigenvalue weighted by molar-refractivity contribution is 0.159. The van der Waals surface area contributed by atoms with Crippen molar-refractivity contribution in [2.24, 2.45) is 5.92 Å². The maximum absolute atomic E-state index is 11.1. The minimum Gasteiger partial charge on any atom is -0.453 e. The average Bonchev–Trinajstić information content (AvgIpc) is 2.77. The fourth-order valence-electron chi connectivity index (χ4n) is 2.87. The molecule has 2 heterocycles. The lowest BCUT2D eigenvalue weighted by atomic mass is 9.97. The van der Waals surface area contributed by atoms with E-state index in [0.717, 1.165) is 38.5 Å². The zero-order valence-electron chi connectivity index (χ0n) is 10.7. The summed E-state index contributed by atoms with van der Waals surface area (Å²) < 4.78 is 4.63. The van der Waals surface area contributed by atoms with Crippen LogP contribution in [0.2, 0.25) is 0 Å². The highest BCUT2D eigenvalue weighted by atomic mass is 16.5. The normalized spacial score (nSPS) is 34.6. The number of likely N-dealkylation sites (tertiary alicyclic amines) is 1. The molecule has 0 radical (unpaired) electrons. The van der Waals surface area contributed by atoms with Crippen molar-refractivity contribution in [1.29, 1.82) is 0 Å². The first kappa shape index (κ1) is 12.6. The van der Waals surface area contributed by atoms with E-state index in [-0.39, 0.29) is 12.1 Å². The highest BCUT2D eigenvalue weighted by Crippen LogP contribution is 2.20. The van der Waals surface area contributed by atoms with Crippen molar-refractivity contribution < 1.29 is 9.53 Å². The summed E-state index contributed by atoms with van der Waals surface area (Å²) in [4.78, 5) is 13.6. The molecular weight excluding hydrogens is 218 g/mol. The molecule has 2 N–H and O–H groups in total. The van der Waals surface area contributed by atoms with E-state index in [9.17, 15) is 4.79 Å². The predicted octanol–water partition coefficient (Wildman–Crippen LogP) is 0.415. The molecule has 3 atom stereocenters. The Balaban J connectivity index is 1.78. The lowest BCUT2D eigenvalue weighted by Gasteiger charge is -2.34. The van der Waals surface area contributed by atoms with E-state index < -0.39 is 0 Å². The van der Waals surface area contributed by atoms with Gasteiger partial charge in [-0.05, 0) is 25.3 Å². The molecule has 98 valence electrons. The molecule has 0 aromatic heterocycles. The summed E-state index contributed by atoms with van der Waals surface area (Å²) in [5.74, 6) is 0.751. The van der Waals surface area contributed by atoms with Gasteiger partial charge in [0.1, 0.15) is 0 Å². The Kier molecular flexibility index (Phi) is 4.23. The van der Waals surface area contributed by atoms with Crippen LogP contribution in [0.25, 0.3) is 0 Å². The van der Waals surface area contributed by atoms with Crippen molar-refractivity contribution in [2.75, 3.05) is 33.3 Å². The van der Waals surface area contributed by atoms with Crippen LogP contribution in [0.1, 0.15) is 19.8 Å². The molecule has 1 amide bonds. The van der Waals surface area contributed by atoms with E-state index >= 15 is 0 Å². The third kappa shape index (κ3) is 3.33. The molecule has 0 spiro atoms. The van der Waals surface area contributed by atoms with Crippen molar-refractivity contribution >= 4 is 6.09 Å². The first-order valence-electron chi connectivity index (χ1n) is 6.48. The van der Waals surface area contributed by atoms with Crippen molar-refractivity contribution in [3.8, 4) is 0 Å². The third-order valence-corrected chi connectivity index (χ3v) is 3.79. The second kappa shape index (κ2) is 5.69. The summed E-state index contributed by atoms with van der Waals surface area (Å²) in [6, 6.07) is 0.878. The van der Waals surface area contributed by atoms with Gasteiger partial charge in [0.05, 0.1) is 7.11 Å². The minimum absolute atomic E-state index is 0.250. The second-order valence-corrected chi connectivity index (χ2v) is 5.27. The van der Waals surface area contributed by atoms with Gasteiger partial charge in [0.15, 0.2) is 0 Å². The van der Waals surface area contributed by atoms with Crippen LogP contribution in [0.15, 0.2) is 0 Å². The molecule has 0 saturated carbocycles. The van der Waals surface area contributed by atoms with Crippen LogP contribution < -0.4 is 10.6 Å². The Hall–Kier alpha value is -0.810. The standard InChI is InChI=1S/C12H23N3O2/c1-9-5-11(7-13-6-9)15-4-3-10(8-15)14-12(16)17-2/h9-11,13H,3-8H2,1-2H3,(H,14,16). The molecule has 0 aliphatic carbocycles. The zero-order chi connectivity index (χ0) is 12.3. The number of hydrogen-bond acceptors (Lipinski definition) is 4. The third-order valence-electron chi connectivity index (χ3n) is 3.79. The highest BCUT2D eigenvalue weighted by Gasteiger charge is 2.31. The number of piperidine rings is 1. The van der Waals surface area contributed by atoms with Crippen LogP contribution in [-0.2, 0) is 4.74 Å². The van der Waals surface area contributed by atoms with Gasteiger partial charge in [0.25, 0.3) is 0 Å². The van der Waals surface area contributed by atoms with Crippen LogP contribution in [0.3, 0.4) is 0 Å². The molecule has 5 nitrogen and oxygen atoms in total. The number of alkyl carbamates (subject to hydrolysis) is 1. The Bertz CT molecular complexity index is 272. The van der Waals surface area contributed by atoms with Gasteiger partial charge in [-0.15, -0.1) is 0 Å². The van der Waals surface area contributed by atoms with E-state index in [0.29, 0.717) is 6.04 Å². The van der Waals surface area contributed by atoms with Gasteiger partial charge in [0.2, 0.25) is 0 Å². The average molecular weight is 241 g/mol. The van der Waals surface area contributed by atoms with Gasteiger partial charge in [-0.3, -0.25) is 4.90 Å². The summed E-state index contributed by atoms with van der Waals surface area (Å²) in [5.41, 5.74) is 0.